The molecule has 2 aromatic rings. The largest absolute Gasteiger partial charge is 0.496 e. The van der Waals surface area contributed by atoms with Crippen LogP contribution in [0.25, 0.3) is 0 Å². The molecule has 24 heavy (non-hydrogen) atoms. The third kappa shape index (κ3) is 4.24. The number of para-hydroxylation sites is 2. The van der Waals surface area contributed by atoms with Crippen molar-refractivity contribution in [2.75, 3.05) is 17.7 Å². The third-order valence-corrected chi connectivity index (χ3v) is 3.33. The Morgan fingerprint density at radius 2 is 1.83 bits per heavy atom. The number of hydrogen-bond acceptors (Lipinski definition) is 4. The minimum absolute atomic E-state index is 0.267. The van der Waals surface area contributed by atoms with Gasteiger partial charge in [-0.1, -0.05) is 23.7 Å². The summed E-state index contributed by atoms with van der Waals surface area (Å²) in [4.78, 5) is 24.1. The van der Waals surface area contributed by atoms with E-state index in [0.717, 1.165) is 0 Å². The number of rotatable bonds is 5. The number of methoxy groups -OCH3 is 1. The molecule has 0 aliphatic carbocycles. The van der Waals surface area contributed by atoms with E-state index in [2.05, 4.69) is 10.6 Å². The fourth-order valence-corrected chi connectivity index (χ4v) is 2.19. The maximum Gasteiger partial charge on any atom is 0.259 e. The van der Waals surface area contributed by atoms with E-state index in [4.69, 9.17) is 21.6 Å². The fourth-order valence-electron chi connectivity index (χ4n) is 2.01. The minimum atomic E-state index is -0.459. The molecule has 0 aromatic heterocycles. The average molecular weight is 344 g/mol. The van der Waals surface area contributed by atoms with E-state index in [0.29, 0.717) is 22.1 Å². The molecule has 0 spiro atoms. The molecule has 7 heteroatoms. The first-order valence-electron chi connectivity index (χ1n) is 6.96. The van der Waals surface area contributed by atoms with Gasteiger partial charge in [0.15, 0.2) is 0 Å². The fraction of sp³-hybridized carbons (Fsp3) is 0.118. The van der Waals surface area contributed by atoms with Crippen LogP contribution in [0.15, 0.2) is 42.5 Å². The monoisotopic (exact) mass is 343 g/mol. The quantitative estimate of drug-likeness (QED) is 0.869. The maximum absolute atomic E-state index is 12.5. The molecule has 6 nitrogen and oxygen atoms in total. The van der Waals surface area contributed by atoms with Gasteiger partial charge in [-0.3, -0.25) is 9.59 Å². The molecule has 122 valence electrons. The number of ether oxygens (including phenoxy) is 1. The molecule has 0 radical (unpaired) electrons. The molecule has 0 fully saturated rings. The summed E-state index contributed by atoms with van der Waals surface area (Å²) in [5, 5.41) is 14.2. The van der Waals surface area contributed by atoms with E-state index >= 15 is 0 Å². The van der Waals surface area contributed by atoms with Crippen molar-refractivity contribution in [1.82, 2.24) is 0 Å². The summed E-state index contributed by atoms with van der Waals surface area (Å²) >= 11 is 5.93. The Morgan fingerprint density at radius 3 is 2.46 bits per heavy atom. The number of nitrogens with one attached hydrogen (secondary N) is 2. The van der Waals surface area contributed by atoms with Gasteiger partial charge in [0, 0.05) is 5.02 Å². The molecule has 0 aliphatic rings. The molecule has 2 amide bonds. The lowest BCUT2D eigenvalue weighted by Crippen LogP contribution is -2.16. The molecule has 0 aliphatic heterocycles. The molecule has 0 heterocycles. The number of halogens is 1. The Hall–Kier alpha value is -3.04. The zero-order chi connectivity index (χ0) is 17.5. The van der Waals surface area contributed by atoms with E-state index in [1.807, 2.05) is 0 Å². The smallest absolute Gasteiger partial charge is 0.259 e. The first-order valence-corrected chi connectivity index (χ1v) is 7.33. The van der Waals surface area contributed by atoms with Crippen molar-refractivity contribution >= 4 is 34.8 Å². The Balaban J connectivity index is 2.25. The highest BCUT2D eigenvalue weighted by molar-refractivity contribution is 6.31. The molecule has 2 rings (SSSR count). The van der Waals surface area contributed by atoms with Crippen LogP contribution in [-0.2, 0) is 4.79 Å². The van der Waals surface area contributed by atoms with E-state index in [-0.39, 0.29) is 12.0 Å². The number of amides is 2. The van der Waals surface area contributed by atoms with Gasteiger partial charge >= 0.3 is 0 Å². The Kier molecular flexibility index (Phi) is 5.77. The highest BCUT2D eigenvalue weighted by atomic mass is 35.5. The summed E-state index contributed by atoms with van der Waals surface area (Å²) < 4.78 is 5.16. The number of benzene rings is 2. The van der Waals surface area contributed by atoms with Crippen molar-refractivity contribution < 1.29 is 14.3 Å². The summed E-state index contributed by atoms with van der Waals surface area (Å²) in [6.07, 6.45) is -0.273. The molecular formula is C17H14ClN3O3. The molecule has 0 atom stereocenters. The summed E-state index contributed by atoms with van der Waals surface area (Å²) in [5.74, 6) is -0.515. The second kappa shape index (κ2) is 7.99. The van der Waals surface area contributed by atoms with Gasteiger partial charge in [0.2, 0.25) is 5.91 Å². The average Bonchev–Trinajstić information content (AvgIpc) is 2.56. The predicted molar refractivity (Wildman–Crippen MR) is 91.3 cm³/mol. The lowest BCUT2D eigenvalue weighted by molar-refractivity contribution is -0.115. The van der Waals surface area contributed by atoms with Crippen LogP contribution >= 0.6 is 11.6 Å². The first kappa shape index (κ1) is 17.3. The van der Waals surface area contributed by atoms with Crippen molar-refractivity contribution in [3.63, 3.8) is 0 Å². The van der Waals surface area contributed by atoms with E-state index in [1.165, 1.54) is 13.2 Å². The van der Waals surface area contributed by atoms with Gasteiger partial charge < -0.3 is 15.4 Å². The normalized spacial score (nSPS) is 9.71. The summed E-state index contributed by atoms with van der Waals surface area (Å²) in [6.45, 7) is 0. The highest BCUT2D eigenvalue weighted by Gasteiger charge is 2.15. The topological polar surface area (TPSA) is 91.2 Å². The van der Waals surface area contributed by atoms with Gasteiger partial charge in [-0.25, -0.2) is 0 Å². The molecular weight excluding hydrogens is 330 g/mol. The van der Waals surface area contributed by atoms with E-state index < -0.39 is 11.8 Å². The van der Waals surface area contributed by atoms with Crippen LogP contribution in [0.2, 0.25) is 5.02 Å². The first-order chi connectivity index (χ1) is 11.5. The highest BCUT2D eigenvalue weighted by Crippen LogP contribution is 2.26. The van der Waals surface area contributed by atoms with E-state index in [9.17, 15) is 9.59 Å². The summed E-state index contributed by atoms with van der Waals surface area (Å²) in [7, 11) is 1.45. The lowest BCUT2D eigenvalue weighted by Gasteiger charge is -2.13. The third-order valence-electron chi connectivity index (χ3n) is 3.10. The van der Waals surface area contributed by atoms with Crippen molar-refractivity contribution in [2.24, 2.45) is 0 Å². The SMILES string of the molecule is COc1ccc(Cl)cc1C(=O)Nc1ccccc1NC(=O)CC#N. The van der Waals surface area contributed by atoms with Crippen LogP contribution in [-0.4, -0.2) is 18.9 Å². The van der Waals surface area contributed by atoms with Gasteiger partial charge in [-0.2, -0.15) is 5.26 Å². The maximum atomic E-state index is 12.5. The number of nitrogens with zero attached hydrogens (tertiary/aromatic N) is 1. The minimum Gasteiger partial charge on any atom is -0.496 e. The van der Waals surface area contributed by atoms with Crippen LogP contribution in [0.5, 0.6) is 5.75 Å². The zero-order valence-electron chi connectivity index (χ0n) is 12.8. The molecule has 0 unspecified atom stereocenters. The Morgan fingerprint density at radius 1 is 1.17 bits per heavy atom. The van der Waals surface area contributed by atoms with Gasteiger partial charge in [-0.15, -0.1) is 0 Å². The summed E-state index contributed by atoms with van der Waals surface area (Å²) in [6, 6.07) is 13.2. The van der Waals surface area contributed by atoms with Crippen molar-refractivity contribution in [2.45, 2.75) is 6.42 Å². The predicted octanol–water partition coefficient (Wildman–Crippen LogP) is 3.45. The van der Waals surface area contributed by atoms with E-state index in [1.54, 1.807) is 42.5 Å². The van der Waals surface area contributed by atoms with Crippen molar-refractivity contribution in [3.8, 4) is 11.8 Å². The van der Waals surface area contributed by atoms with Crippen LogP contribution in [0, 0.1) is 11.3 Å². The molecule has 0 saturated carbocycles. The molecule has 0 saturated heterocycles. The Labute approximate surface area is 144 Å². The number of hydrogen-bond donors (Lipinski definition) is 2. The van der Waals surface area contributed by atoms with Crippen molar-refractivity contribution in [1.29, 1.82) is 5.26 Å². The second-order valence-electron chi connectivity index (χ2n) is 4.73. The van der Waals surface area contributed by atoms with Gasteiger partial charge in [0.05, 0.1) is 30.1 Å². The second-order valence-corrected chi connectivity index (χ2v) is 5.16. The standard InChI is InChI=1S/C17H14ClN3O3/c1-24-15-7-6-11(18)10-12(15)17(23)21-14-5-3-2-4-13(14)20-16(22)8-9-19/h2-7,10H,8H2,1H3,(H,20,22)(H,21,23). The van der Waals surface area contributed by atoms with Crippen molar-refractivity contribution in [3.05, 3.63) is 53.1 Å². The number of carbonyl (C=O) groups is 2. The van der Waals surface area contributed by atoms with Gasteiger partial charge in [-0.05, 0) is 30.3 Å². The lowest BCUT2D eigenvalue weighted by atomic mass is 10.1. The van der Waals surface area contributed by atoms with Crippen LogP contribution < -0.4 is 15.4 Å². The summed E-state index contributed by atoms with van der Waals surface area (Å²) in [5.41, 5.74) is 1.06. The zero-order valence-corrected chi connectivity index (χ0v) is 13.6. The van der Waals surface area contributed by atoms with Crippen LogP contribution in [0.4, 0.5) is 11.4 Å². The molecule has 0 bridgehead atoms. The van der Waals surface area contributed by atoms with Crippen LogP contribution in [0.1, 0.15) is 16.8 Å². The Bertz CT molecular complexity index is 815. The number of anilines is 2. The molecule has 2 aromatic carbocycles. The van der Waals surface area contributed by atoms with Gasteiger partial charge in [0.25, 0.3) is 5.91 Å². The number of nitriles is 1. The molecule has 2 N–H and O–H groups in total. The van der Waals surface area contributed by atoms with Crippen LogP contribution in [0.3, 0.4) is 0 Å². The van der Waals surface area contributed by atoms with Gasteiger partial charge in [0.1, 0.15) is 12.2 Å². The number of carbonyl (C=O) groups excluding carboxylic acids is 2.